The molecule has 4 nitrogen and oxygen atoms in total. The Morgan fingerprint density at radius 1 is 1.38 bits per heavy atom. The summed E-state index contributed by atoms with van der Waals surface area (Å²) in [4.78, 5) is 8.93. The van der Waals surface area contributed by atoms with E-state index in [1.165, 1.54) is 12.8 Å². The lowest BCUT2D eigenvalue weighted by Crippen LogP contribution is -2.02. The second-order valence-corrected chi connectivity index (χ2v) is 5.84. The van der Waals surface area contributed by atoms with E-state index in [1.54, 1.807) is 4.68 Å². The summed E-state index contributed by atoms with van der Waals surface area (Å²) >= 11 is 5.65. The van der Waals surface area contributed by atoms with Gasteiger partial charge >= 0.3 is 0 Å². The molecule has 1 aliphatic carbocycles. The SMILES string of the molecule is Brc1cc(-n2cc(I)cn2)nc(C2CC2)n1. The monoisotopic (exact) mass is 390 g/mol. The van der Waals surface area contributed by atoms with Gasteiger partial charge in [0.2, 0.25) is 0 Å². The highest BCUT2D eigenvalue weighted by Crippen LogP contribution is 2.38. The molecule has 0 unspecified atom stereocenters. The third-order valence-corrected chi connectivity index (χ3v) is 3.39. The van der Waals surface area contributed by atoms with Crippen LogP contribution >= 0.6 is 38.5 Å². The Labute approximate surface area is 115 Å². The molecule has 1 saturated carbocycles. The number of hydrogen-bond donors (Lipinski definition) is 0. The molecule has 0 saturated heterocycles. The van der Waals surface area contributed by atoms with E-state index in [0.717, 1.165) is 19.8 Å². The molecule has 0 spiro atoms. The van der Waals surface area contributed by atoms with Crippen molar-refractivity contribution in [3.63, 3.8) is 0 Å². The lowest BCUT2D eigenvalue weighted by molar-refractivity contribution is 0.804. The van der Waals surface area contributed by atoms with Crippen molar-refractivity contribution in [1.29, 1.82) is 0 Å². The number of nitrogens with zero attached hydrogens (tertiary/aromatic N) is 4. The van der Waals surface area contributed by atoms with Gasteiger partial charge in [0.25, 0.3) is 0 Å². The standard InChI is InChI=1S/C10H8BrIN4/c11-8-3-9(16-5-7(12)4-13-16)15-10(14-8)6-1-2-6/h3-6H,1-2H2. The fraction of sp³-hybridized carbons (Fsp3) is 0.300. The normalized spacial score (nSPS) is 15.4. The fourth-order valence-corrected chi connectivity index (χ4v) is 2.27. The second-order valence-electron chi connectivity index (χ2n) is 3.78. The summed E-state index contributed by atoms with van der Waals surface area (Å²) in [5.74, 6) is 2.30. The van der Waals surface area contributed by atoms with Crippen LogP contribution in [0.25, 0.3) is 5.82 Å². The summed E-state index contributed by atoms with van der Waals surface area (Å²) in [6.45, 7) is 0. The Morgan fingerprint density at radius 3 is 2.81 bits per heavy atom. The molecule has 0 amide bonds. The molecular weight excluding hydrogens is 383 g/mol. The summed E-state index contributed by atoms with van der Waals surface area (Å²) in [6, 6.07) is 1.88. The molecule has 0 atom stereocenters. The van der Waals surface area contributed by atoms with Gasteiger partial charge in [0.1, 0.15) is 10.4 Å². The van der Waals surface area contributed by atoms with E-state index in [-0.39, 0.29) is 0 Å². The zero-order valence-corrected chi connectivity index (χ0v) is 12.0. The Hall–Kier alpha value is -0.500. The second kappa shape index (κ2) is 4.06. The molecule has 2 heterocycles. The Bertz CT molecular complexity index is 535. The van der Waals surface area contributed by atoms with Gasteiger partial charge < -0.3 is 0 Å². The zero-order chi connectivity index (χ0) is 11.1. The fourth-order valence-electron chi connectivity index (χ4n) is 1.49. The van der Waals surface area contributed by atoms with Gasteiger partial charge in [0.15, 0.2) is 5.82 Å². The molecule has 0 radical (unpaired) electrons. The van der Waals surface area contributed by atoms with Crippen LogP contribution in [0.2, 0.25) is 0 Å². The van der Waals surface area contributed by atoms with Gasteiger partial charge in [0.05, 0.1) is 9.77 Å². The highest BCUT2D eigenvalue weighted by molar-refractivity contribution is 14.1. The number of hydrogen-bond acceptors (Lipinski definition) is 3. The molecule has 2 aromatic rings. The van der Waals surface area contributed by atoms with Crippen LogP contribution in [0.15, 0.2) is 23.1 Å². The van der Waals surface area contributed by atoms with Crippen molar-refractivity contribution in [3.05, 3.63) is 32.5 Å². The van der Waals surface area contributed by atoms with E-state index in [1.807, 2.05) is 18.5 Å². The molecule has 1 aliphatic rings. The number of halogens is 2. The highest BCUT2D eigenvalue weighted by Gasteiger charge is 2.27. The summed E-state index contributed by atoms with van der Waals surface area (Å²) in [6.07, 6.45) is 6.17. The Morgan fingerprint density at radius 2 is 2.19 bits per heavy atom. The van der Waals surface area contributed by atoms with E-state index in [4.69, 9.17) is 0 Å². The van der Waals surface area contributed by atoms with Gasteiger partial charge in [-0.25, -0.2) is 14.6 Å². The maximum Gasteiger partial charge on any atom is 0.158 e. The molecular formula is C10H8BrIN4. The van der Waals surface area contributed by atoms with Crippen LogP contribution in [0.3, 0.4) is 0 Å². The van der Waals surface area contributed by atoms with Crippen LogP contribution < -0.4 is 0 Å². The van der Waals surface area contributed by atoms with E-state index < -0.39 is 0 Å². The van der Waals surface area contributed by atoms with Crippen molar-refractivity contribution in [3.8, 4) is 5.82 Å². The van der Waals surface area contributed by atoms with Crippen molar-refractivity contribution < 1.29 is 0 Å². The van der Waals surface area contributed by atoms with E-state index in [9.17, 15) is 0 Å². The maximum atomic E-state index is 4.54. The van der Waals surface area contributed by atoms with Gasteiger partial charge in [-0.05, 0) is 51.4 Å². The predicted molar refractivity (Wildman–Crippen MR) is 71.5 cm³/mol. The van der Waals surface area contributed by atoms with Gasteiger partial charge in [-0.1, -0.05) is 0 Å². The van der Waals surface area contributed by atoms with Crippen molar-refractivity contribution in [2.45, 2.75) is 18.8 Å². The van der Waals surface area contributed by atoms with E-state index >= 15 is 0 Å². The molecule has 82 valence electrons. The van der Waals surface area contributed by atoms with Crippen LogP contribution in [-0.4, -0.2) is 19.7 Å². The van der Waals surface area contributed by atoms with Gasteiger partial charge in [0, 0.05) is 18.2 Å². The van der Waals surface area contributed by atoms with Crippen molar-refractivity contribution in [1.82, 2.24) is 19.7 Å². The Kier molecular flexibility index (Phi) is 2.70. The van der Waals surface area contributed by atoms with Crippen molar-refractivity contribution >= 4 is 38.5 Å². The average molecular weight is 391 g/mol. The third kappa shape index (κ3) is 2.13. The first kappa shape index (κ1) is 10.6. The first-order valence-corrected chi connectivity index (χ1v) is 6.84. The first-order valence-electron chi connectivity index (χ1n) is 4.97. The zero-order valence-electron chi connectivity index (χ0n) is 8.27. The smallest absolute Gasteiger partial charge is 0.158 e. The minimum atomic E-state index is 0.547. The van der Waals surface area contributed by atoms with Crippen LogP contribution in [0.5, 0.6) is 0 Å². The molecule has 0 N–H and O–H groups in total. The average Bonchev–Trinajstić information content (AvgIpc) is 3.01. The van der Waals surface area contributed by atoms with Gasteiger partial charge in [-0.15, -0.1) is 0 Å². The minimum absolute atomic E-state index is 0.547. The minimum Gasteiger partial charge on any atom is -0.226 e. The quantitative estimate of drug-likeness (QED) is 0.585. The first-order chi connectivity index (χ1) is 7.72. The summed E-state index contributed by atoms with van der Waals surface area (Å²) in [7, 11) is 0. The van der Waals surface area contributed by atoms with Crippen molar-refractivity contribution in [2.24, 2.45) is 0 Å². The third-order valence-electron chi connectivity index (χ3n) is 2.43. The lowest BCUT2D eigenvalue weighted by Gasteiger charge is -2.03. The molecule has 0 aliphatic heterocycles. The molecule has 0 aromatic carbocycles. The Balaban J connectivity index is 2.06. The van der Waals surface area contributed by atoms with Crippen LogP contribution in [0.4, 0.5) is 0 Å². The topological polar surface area (TPSA) is 43.6 Å². The number of aromatic nitrogens is 4. The van der Waals surface area contributed by atoms with Crippen LogP contribution in [-0.2, 0) is 0 Å². The van der Waals surface area contributed by atoms with Gasteiger partial charge in [-0.2, -0.15) is 5.10 Å². The maximum absolute atomic E-state index is 4.54. The van der Waals surface area contributed by atoms with E-state index in [0.29, 0.717) is 5.92 Å². The molecule has 2 aromatic heterocycles. The van der Waals surface area contributed by atoms with Crippen LogP contribution in [0, 0.1) is 3.57 Å². The molecule has 0 bridgehead atoms. The predicted octanol–water partition coefficient (Wildman–Crippen LogP) is 2.91. The highest BCUT2D eigenvalue weighted by atomic mass is 127. The van der Waals surface area contributed by atoms with Crippen LogP contribution in [0.1, 0.15) is 24.6 Å². The summed E-state index contributed by atoms with van der Waals surface area (Å²) in [5.41, 5.74) is 0. The summed E-state index contributed by atoms with van der Waals surface area (Å²) < 4.78 is 3.70. The molecule has 6 heteroatoms. The molecule has 3 rings (SSSR count). The number of rotatable bonds is 2. The lowest BCUT2D eigenvalue weighted by atomic mass is 10.4. The molecule has 1 fully saturated rings. The van der Waals surface area contributed by atoms with Crippen molar-refractivity contribution in [2.75, 3.05) is 0 Å². The largest absolute Gasteiger partial charge is 0.226 e. The van der Waals surface area contributed by atoms with E-state index in [2.05, 4.69) is 53.6 Å². The summed E-state index contributed by atoms with van der Waals surface area (Å²) in [5, 5.41) is 4.25. The molecule has 16 heavy (non-hydrogen) atoms. The van der Waals surface area contributed by atoms with Gasteiger partial charge in [-0.3, -0.25) is 0 Å².